The van der Waals surface area contributed by atoms with E-state index in [1.807, 2.05) is 36.7 Å². The minimum atomic E-state index is -0.127. The predicted octanol–water partition coefficient (Wildman–Crippen LogP) is 11.7. The molecule has 0 saturated carbocycles. The molecule has 0 fully saturated rings. The van der Waals surface area contributed by atoms with E-state index in [1.54, 1.807) is 18.2 Å². The van der Waals surface area contributed by atoms with Crippen LogP contribution in [0.15, 0.2) is 83.0 Å². The van der Waals surface area contributed by atoms with E-state index < -0.39 is 0 Å². The van der Waals surface area contributed by atoms with E-state index in [4.69, 9.17) is 21.0 Å². The maximum Gasteiger partial charge on any atom is 0.178 e. The largest absolute Gasteiger partial charge is 0.339 e. The van der Waals surface area contributed by atoms with Crippen LogP contribution in [-0.2, 0) is 0 Å². The third-order valence-corrected chi connectivity index (χ3v) is 9.82. The molecule has 0 saturated heterocycles. The van der Waals surface area contributed by atoms with Crippen molar-refractivity contribution >= 4 is 23.0 Å². The Labute approximate surface area is 347 Å². The van der Waals surface area contributed by atoms with Crippen LogP contribution in [0.2, 0.25) is 0 Å². The topological polar surface area (TPSA) is 125 Å². The summed E-state index contributed by atoms with van der Waals surface area (Å²) in [5.74, 6) is 8.25. The molecule has 0 atom stereocenters. The van der Waals surface area contributed by atoms with Gasteiger partial charge in [-0.3, -0.25) is 14.3 Å². The highest BCUT2D eigenvalue weighted by atomic mass is 16.1. The molecule has 10 heteroatoms. The third kappa shape index (κ3) is 12.1. The van der Waals surface area contributed by atoms with Gasteiger partial charge in [-0.15, -0.1) is 0 Å². The van der Waals surface area contributed by atoms with Crippen LogP contribution in [0, 0.1) is 0 Å². The van der Waals surface area contributed by atoms with Gasteiger partial charge in [-0.2, -0.15) is 10.2 Å². The molecule has 0 bridgehead atoms. The van der Waals surface area contributed by atoms with Crippen LogP contribution in [0.4, 0.5) is 0 Å². The van der Waals surface area contributed by atoms with E-state index in [-0.39, 0.29) is 11.6 Å². The molecule has 5 rings (SSSR count). The van der Waals surface area contributed by atoms with Gasteiger partial charge in [0.1, 0.15) is 11.4 Å². The lowest BCUT2D eigenvalue weighted by atomic mass is 10.1. The molecule has 5 heterocycles. The fourth-order valence-corrected chi connectivity index (χ4v) is 6.39. The molecule has 10 nitrogen and oxygen atoms in total. The van der Waals surface area contributed by atoms with Gasteiger partial charge in [0.2, 0.25) is 0 Å². The van der Waals surface area contributed by atoms with Crippen molar-refractivity contribution in [3.8, 4) is 0 Å². The van der Waals surface area contributed by atoms with Crippen molar-refractivity contribution in [2.75, 3.05) is 5.84 Å². The lowest BCUT2D eigenvalue weighted by Crippen LogP contribution is -2.16. The Hall–Kier alpha value is -5.38. The zero-order chi connectivity index (χ0) is 43.6. The summed E-state index contributed by atoms with van der Waals surface area (Å²) in [6.07, 6.45) is 0. The molecular formula is C48H68N8O2. The number of Topliss-reactive ketones (excluding diaryl/α,β-unsaturated/α-hetero) is 2. The SMILES string of the molecule is C/C(=N\n1c(C(C)C)ccc1C(C)C)c1cccc(/C(C)=N/n2c(C(C)C)ccc2C(C)C)n1.CC(=O)c1cccc(C(C)=O)n1.CC(C)c1ccc(C(C)C)n1N. The van der Waals surface area contributed by atoms with Crippen molar-refractivity contribution in [1.82, 2.24) is 24.0 Å². The van der Waals surface area contributed by atoms with Crippen molar-refractivity contribution in [3.05, 3.63) is 130 Å². The summed E-state index contributed by atoms with van der Waals surface area (Å²) in [7, 11) is 0. The fourth-order valence-electron chi connectivity index (χ4n) is 6.39. The monoisotopic (exact) mass is 789 g/mol. The Morgan fingerprint density at radius 2 is 0.672 bits per heavy atom. The molecule has 0 spiro atoms. The first-order valence-corrected chi connectivity index (χ1v) is 20.6. The van der Waals surface area contributed by atoms with Crippen LogP contribution in [0.3, 0.4) is 0 Å². The maximum atomic E-state index is 10.8. The number of ketones is 2. The quantitative estimate of drug-likeness (QED) is 0.0765. The van der Waals surface area contributed by atoms with Crippen LogP contribution in [0.5, 0.6) is 0 Å². The van der Waals surface area contributed by atoms with Crippen LogP contribution in [0.25, 0.3) is 0 Å². The van der Waals surface area contributed by atoms with Crippen molar-refractivity contribution in [2.24, 2.45) is 10.2 Å². The number of nitrogens with two attached hydrogens (primary N) is 1. The highest BCUT2D eigenvalue weighted by Gasteiger charge is 2.17. The number of rotatable bonds is 12. The molecule has 5 aromatic rings. The predicted molar refractivity (Wildman–Crippen MR) is 242 cm³/mol. The molecule has 0 aliphatic heterocycles. The Balaban J connectivity index is 0.000000303. The van der Waals surface area contributed by atoms with E-state index in [2.05, 4.69) is 134 Å². The molecule has 0 aromatic carbocycles. The summed E-state index contributed by atoms with van der Waals surface area (Å²) in [6.45, 7) is 33.2. The zero-order valence-corrected chi connectivity index (χ0v) is 37.9. The van der Waals surface area contributed by atoms with Gasteiger partial charge in [0.25, 0.3) is 0 Å². The molecule has 0 radical (unpaired) electrons. The number of hydrogen-bond donors (Lipinski definition) is 1. The van der Waals surface area contributed by atoms with E-state index >= 15 is 0 Å². The fraction of sp³-hybridized carbons (Fsp3) is 0.458. The van der Waals surface area contributed by atoms with E-state index in [0.717, 1.165) is 22.8 Å². The average molecular weight is 789 g/mol. The zero-order valence-electron chi connectivity index (χ0n) is 37.9. The van der Waals surface area contributed by atoms with Crippen molar-refractivity contribution in [1.29, 1.82) is 0 Å². The number of aromatic nitrogens is 5. The molecule has 2 N–H and O–H groups in total. The number of pyridine rings is 2. The second-order valence-corrected chi connectivity index (χ2v) is 16.8. The molecule has 312 valence electrons. The summed E-state index contributed by atoms with van der Waals surface area (Å²) in [6, 6.07) is 23.9. The molecule has 5 aromatic heterocycles. The number of hydrogen-bond acceptors (Lipinski definition) is 7. The second-order valence-electron chi connectivity index (χ2n) is 16.8. The summed E-state index contributed by atoms with van der Waals surface area (Å²) in [4.78, 5) is 30.5. The van der Waals surface area contributed by atoms with Crippen molar-refractivity contribution in [2.45, 2.75) is 146 Å². The lowest BCUT2D eigenvalue weighted by molar-refractivity contribution is 0.100. The standard InChI is InChI=1S/C29H41N5.C10H18N2.C9H9NO2/c1-18(2)26-14-15-27(19(3)4)33(26)31-22(9)24-12-11-13-25(30-24)23(10)32-34-28(20(5)6)16-17-29(34)21(7)8;1-7(2)9-5-6-10(8(3)4)12(9)11;1-6(11)8-4-3-5-9(10-8)7(2)12/h11-21H,1-10H3;5-8H,11H2,1-4H3;3-5H,1-2H3/b31-22+,32-23+;;. The summed E-state index contributed by atoms with van der Waals surface area (Å²) >= 11 is 0. The highest BCUT2D eigenvalue weighted by molar-refractivity contribution is 6.00. The van der Waals surface area contributed by atoms with Gasteiger partial charge in [-0.1, -0.05) is 95.2 Å². The first kappa shape index (κ1) is 47.0. The second kappa shape index (κ2) is 20.9. The summed E-state index contributed by atoms with van der Waals surface area (Å²) in [5, 5.41) is 10.0. The number of carbonyl (C=O) groups excluding carboxylic acids is 2. The first-order valence-electron chi connectivity index (χ1n) is 20.6. The smallest absolute Gasteiger partial charge is 0.178 e. The molecule has 0 unspecified atom stereocenters. The lowest BCUT2D eigenvalue weighted by Gasteiger charge is -2.15. The van der Waals surface area contributed by atoms with Crippen molar-refractivity contribution < 1.29 is 9.59 Å². The van der Waals surface area contributed by atoms with E-state index in [1.165, 1.54) is 48.0 Å². The summed E-state index contributed by atoms with van der Waals surface area (Å²) in [5.41, 5.74) is 11.5. The maximum absolute atomic E-state index is 10.8. The Morgan fingerprint density at radius 1 is 0.431 bits per heavy atom. The molecular weight excluding hydrogens is 721 g/mol. The van der Waals surface area contributed by atoms with Crippen LogP contribution in [0.1, 0.15) is 213 Å². The molecule has 0 aliphatic rings. The normalized spacial score (nSPS) is 12.1. The Bertz CT molecular complexity index is 2010. The minimum absolute atomic E-state index is 0.127. The van der Waals surface area contributed by atoms with E-state index in [9.17, 15) is 9.59 Å². The first-order chi connectivity index (χ1) is 27.2. The van der Waals surface area contributed by atoms with Gasteiger partial charge in [-0.25, -0.2) is 19.3 Å². The molecule has 58 heavy (non-hydrogen) atoms. The summed E-state index contributed by atoms with van der Waals surface area (Å²) < 4.78 is 6.02. The number of carbonyl (C=O) groups is 2. The van der Waals surface area contributed by atoms with Gasteiger partial charge in [-0.05, 0) is 110 Å². The van der Waals surface area contributed by atoms with Gasteiger partial charge in [0, 0.05) is 48.0 Å². The van der Waals surface area contributed by atoms with E-state index in [0.29, 0.717) is 46.9 Å². The van der Waals surface area contributed by atoms with Crippen LogP contribution >= 0.6 is 0 Å². The molecule has 0 amide bonds. The number of nitrogen functional groups attached to an aromatic ring is 1. The third-order valence-electron chi connectivity index (χ3n) is 9.82. The van der Waals surface area contributed by atoms with Crippen molar-refractivity contribution in [3.63, 3.8) is 0 Å². The molecule has 0 aliphatic carbocycles. The average Bonchev–Trinajstić information content (AvgIpc) is 3.89. The Kier molecular flexibility index (Phi) is 16.9. The van der Waals surface area contributed by atoms with Crippen LogP contribution in [-0.4, -0.2) is 47.0 Å². The van der Waals surface area contributed by atoms with Gasteiger partial charge >= 0.3 is 0 Å². The minimum Gasteiger partial charge on any atom is -0.339 e. The Morgan fingerprint density at radius 3 is 0.914 bits per heavy atom. The highest BCUT2D eigenvalue weighted by Crippen LogP contribution is 2.26. The number of nitrogens with zero attached hydrogens (tertiary/aromatic N) is 7. The van der Waals surface area contributed by atoms with Gasteiger partial charge < -0.3 is 5.84 Å². The van der Waals surface area contributed by atoms with Crippen LogP contribution < -0.4 is 5.84 Å². The van der Waals surface area contributed by atoms with Gasteiger partial charge in [0.15, 0.2) is 11.6 Å². The van der Waals surface area contributed by atoms with Gasteiger partial charge in [0.05, 0.1) is 22.8 Å².